The summed E-state index contributed by atoms with van der Waals surface area (Å²) in [4.78, 5) is 2.57. The van der Waals surface area contributed by atoms with E-state index in [4.69, 9.17) is 5.10 Å². The van der Waals surface area contributed by atoms with Crippen molar-refractivity contribution >= 4 is 0 Å². The molecule has 21 heavy (non-hydrogen) atoms. The van der Waals surface area contributed by atoms with Crippen molar-refractivity contribution in [3.63, 3.8) is 0 Å². The summed E-state index contributed by atoms with van der Waals surface area (Å²) in [6, 6.07) is 2.69. The third-order valence-corrected chi connectivity index (χ3v) is 4.55. The molecule has 1 aliphatic heterocycles. The van der Waals surface area contributed by atoms with Crippen LogP contribution in [0, 0.1) is 5.92 Å². The monoisotopic (exact) mass is 292 g/mol. The Morgan fingerprint density at radius 1 is 1.43 bits per heavy atom. The van der Waals surface area contributed by atoms with E-state index in [2.05, 4.69) is 47.9 Å². The van der Waals surface area contributed by atoms with Crippen molar-refractivity contribution in [2.45, 2.75) is 59.0 Å². The lowest BCUT2D eigenvalue weighted by atomic mass is 9.98. The second-order valence-corrected chi connectivity index (χ2v) is 6.49. The molecule has 2 rings (SSSR count). The van der Waals surface area contributed by atoms with Gasteiger partial charge < -0.3 is 5.32 Å². The number of hydrogen-bond acceptors (Lipinski definition) is 3. The molecule has 0 spiro atoms. The summed E-state index contributed by atoms with van der Waals surface area (Å²) < 4.78 is 2.11. The molecule has 0 saturated carbocycles. The van der Waals surface area contributed by atoms with Crippen LogP contribution in [-0.4, -0.2) is 40.9 Å². The van der Waals surface area contributed by atoms with Gasteiger partial charge in [-0.3, -0.25) is 9.58 Å². The molecule has 0 amide bonds. The molecule has 1 aliphatic rings. The second-order valence-electron chi connectivity index (χ2n) is 6.49. The van der Waals surface area contributed by atoms with Gasteiger partial charge in [0.05, 0.1) is 5.69 Å². The number of piperidine rings is 1. The molecular weight excluding hydrogens is 260 g/mol. The standard InChI is InChI=1S/C17H32N4/c1-4-9-18-12-16-7-6-10-20(13-16)14-17-8-11-21(19-17)15(3)5-2/h8,11,15-16,18H,4-7,9-10,12-14H2,1-3H3. The number of hydrogen-bond donors (Lipinski definition) is 1. The molecule has 2 heterocycles. The zero-order chi connectivity index (χ0) is 15.1. The molecule has 2 atom stereocenters. The van der Waals surface area contributed by atoms with Gasteiger partial charge >= 0.3 is 0 Å². The van der Waals surface area contributed by atoms with Crippen molar-refractivity contribution in [3.8, 4) is 0 Å². The smallest absolute Gasteiger partial charge is 0.0764 e. The van der Waals surface area contributed by atoms with Crippen LogP contribution in [0.25, 0.3) is 0 Å². The molecule has 0 aromatic carbocycles. The summed E-state index contributed by atoms with van der Waals surface area (Å²) in [5.41, 5.74) is 1.22. The van der Waals surface area contributed by atoms with Gasteiger partial charge in [0.25, 0.3) is 0 Å². The maximum Gasteiger partial charge on any atom is 0.0764 e. The minimum atomic E-state index is 0.506. The van der Waals surface area contributed by atoms with Crippen LogP contribution in [0.3, 0.4) is 0 Å². The Bertz CT molecular complexity index is 401. The van der Waals surface area contributed by atoms with Crippen molar-refractivity contribution in [1.29, 1.82) is 0 Å². The Balaban J connectivity index is 1.80. The maximum absolute atomic E-state index is 4.73. The summed E-state index contributed by atoms with van der Waals surface area (Å²) in [6.45, 7) is 12.4. The molecule has 120 valence electrons. The Kier molecular flexibility index (Phi) is 6.71. The van der Waals surface area contributed by atoms with Crippen LogP contribution in [0.15, 0.2) is 12.3 Å². The first-order valence-corrected chi connectivity index (χ1v) is 8.70. The number of aromatic nitrogens is 2. The Hall–Kier alpha value is -0.870. The molecule has 4 heteroatoms. The predicted octanol–water partition coefficient (Wildman–Crippen LogP) is 3.07. The normalized spacial score (nSPS) is 21.6. The summed E-state index contributed by atoms with van der Waals surface area (Å²) in [7, 11) is 0. The third-order valence-electron chi connectivity index (χ3n) is 4.55. The molecule has 2 unspecified atom stereocenters. The van der Waals surface area contributed by atoms with Gasteiger partial charge in [-0.1, -0.05) is 13.8 Å². The van der Waals surface area contributed by atoms with E-state index >= 15 is 0 Å². The lowest BCUT2D eigenvalue weighted by Gasteiger charge is -2.32. The highest BCUT2D eigenvalue weighted by Crippen LogP contribution is 2.18. The van der Waals surface area contributed by atoms with Crippen LogP contribution in [0.4, 0.5) is 0 Å². The quantitative estimate of drug-likeness (QED) is 0.748. The van der Waals surface area contributed by atoms with E-state index in [0.29, 0.717) is 6.04 Å². The van der Waals surface area contributed by atoms with E-state index in [-0.39, 0.29) is 0 Å². The van der Waals surface area contributed by atoms with E-state index in [9.17, 15) is 0 Å². The van der Waals surface area contributed by atoms with Gasteiger partial charge in [-0.15, -0.1) is 0 Å². The number of likely N-dealkylation sites (tertiary alicyclic amines) is 1. The van der Waals surface area contributed by atoms with Gasteiger partial charge in [0, 0.05) is 25.3 Å². The van der Waals surface area contributed by atoms with Gasteiger partial charge in [-0.25, -0.2) is 0 Å². The molecule has 4 nitrogen and oxygen atoms in total. The Morgan fingerprint density at radius 3 is 3.05 bits per heavy atom. The zero-order valence-electron chi connectivity index (χ0n) is 14.0. The Labute approximate surface area is 129 Å². The lowest BCUT2D eigenvalue weighted by molar-refractivity contribution is 0.163. The Morgan fingerprint density at radius 2 is 2.29 bits per heavy atom. The highest BCUT2D eigenvalue weighted by Gasteiger charge is 2.20. The SMILES string of the molecule is CCCNCC1CCCN(Cc2ccn(C(C)CC)n2)C1. The van der Waals surface area contributed by atoms with Gasteiger partial charge in [0.2, 0.25) is 0 Å². The topological polar surface area (TPSA) is 33.1 Å². The lowest BCUT2D eigenvalue weighted by Crippen LogP contribution is -2.39. The molecule has 1 saturated heterocycles. The van der Waals surface area contributed by atoms with Crippen molar-refractivity contribution in [2.24, 2.45) is 5.92 Å². The van der Waals surface area contributed by atoms with Crippen LogP contribution in [0.2, 0.25) is 0 Å². The van der Waals surface area contributed by atoms with Gasteiger partial charge in [-0.2, -0.15) is 5.10 Å². The number of nitrogens with zero attached hydrogens (tertiary/aromatic N) is 3. The number of rotatable bonds is 8. The van der Waals surface area contributed by atoms with E-state index in [1.807, 2.05) is 0 Å². The van der Waals surface area contributed by atoms with Crippen LogP contribution < -0.4 is 5.32 Å². The first-order chi connectivity index (χ1) is 10.2. The molecule has 0 bridgehead atoms. The fourth-order valence-electron chi connectivity index (χ4n) is 3.07. The first kappa shape index (κ1) is 16.5. The van der Waals surface area contributed by atoms with Crippen molar-refractivity contribution in [2.75, 3.05) is 26.2 Å². The molecule has 1 aromatic rings. The summed E-state index contributed by atoms with van der Waals surface area (Å²) in [6.07, 6.45) is 7.19. The molecule has 1 aromatic heterocycles. The van der Waals surface area contributed by atoms with E-state index in [1.54, 1.807) is 0 Å². The summed E-state index contributed by atoms with van der Waals surface area (Å²) in [5, 5.41) is 8.30. The van der Waals surface area contributed by atoms with Crippen molar-refractivity contribution < 1.29 is 0 Å². The molecule has 0 radical (unpaired) electrons. The minimum absolute atomic E-state index is 0.506. The second kappa shape index (κ2) is 8.54. The number of nitrogens with one attached hydrogen (secondary N) is 1. The molecular formula is C17H32N4. The van der Waals surface area contributed by atoms with Crippen LogP contribution in [0.5, 0.6) is 0 Å². The van der Waals surface area contributed by atoms with E-state index < -0.39 is 0 Å². The fourth-order valence-corrected chi connectivity index (χ4v) is 3.07. The zero-order valence-corrected chi connectivity index (χ0v) is 14.0. The molecule has 1 fully saturated rings. The van der Waals surface area contributed by atoms with Gasteiger partial charge in [0.1, 0.15) is 0 Å². The average Bonchev–Trinajstić information content (AvgIpc) is 2.96. The average molecular weight is 292 g/mol. The molecule has 0 aliphatic carbocycles. The van der Waals surface area contributed by atoms with Gasteiger partial charge in [-0.05, 0) is 64.2 Å². The fraction of sp³-hybridized carbons (Fsp3) is 0.824. The van der Waals surface area contributed by atoms with E-state index in [1.165, 1.54) is 44.6 Å². The predicted molar refractivity (Wildman–Crippen MR) is 88.4 cm³/mol. The molecule has 1 N–H and O–H groups in total. The highest BCUT2D eigenvalue weighted by atomic mass is 15.3. The van der Waals surface area contributed by atoms with Crippen molar-refractivity contribution in [3.05, 3.63) is 18.0 Å². The summed E-state index contributed by atoms with van der Waals surface area (Å²) in [5.74, 6) is 0.807. The van der Waals surface area contributed by atoms with Gasteiger partial charge in [0.15, 0.2) is 0 Å². The first-order valence-electron chi connectivity index (χ1n) is 8.70. The maximum atomic E-state index is 4.73. The van der Waals surface area contributed by atoms with E-state index in [0.717, 1.165) is 25.4 Å². The minimum Gasteiger partial charge on any atom is -0.316 e. The summed E-state index contributed by atoms with van der Waals surface area (Å²) >= 11 is 0. The van der Waals surface area contributed by atoms with Crippen molar-refractivity contribution in [1.82, 2.24) is 20.0 Å². The highest BCUT2D eigenvalue weighted by molar-refractivity contribution is 5.00. The van der Waals surface area contributed by atoms with Crippen LogP contribution in [0.1, 0.15) is 58.2 Å². The third kappa shape index (κ3) is 5.11. The van der Waals surface area contributed by atoms with Crippen LogP contribution >= 0.6 is 0 Å². The largest absolute Gasteiger partial charge is 0.316 e. The van der Waals surface area contributed by atoms with Crippen LogP contribution in [-0.2, 0) is 6.54 Å².